The van der Waals surface area contributed by atoms with Gasteiger partial charge in [0.05, 0.1) is 6.20 Å². The number of hydrogen-bond acceptors (Lipinski definition) is 5. The molecule has 80 valence electrons. The minimum absolute atomic E-state index is 0.0400. The first-order chi connectivity index (χ1) is 7.13. The lowest BCUT2D eigenvalue weighted by molar-refractivity contribution is 0.0663. The zero-order chi connectivity index (χ0) is 11.3. The molecule has 1 heterocycles. The Morgan fingerprint density at radius 1 is 1.73 bits per heavy atom. The number of ether oxygens (including phenoxy) is 1. The molecule has 0 unspecified atom stereocenters. The van der Waals surface area contributed by atoms with Crippen LogP contribution in [-0.4, -0.2) is 28.8 Å². The van der Waals surface area contributed by atoms with Crippen LogP contribution in [0.1, 0.15) is 10.6 Å². The number of aromatic nitrogens is 1. The molecule has 0 aliphatic heterocycles. The van der Waals surface area contributed by atoms with Crippen molar-refractivity contribution in [3.63, 3.8) is 0 Å². The van der Waals surface area contributed by atoms with Crippen LogP contribution < -0.4 is 5.32 Å². The van der Waals surface area contributed by atoms with E-state index >= 15 is 0 Å². The molecular formula is C8H8N2O5. The van der Waals surface area contributed by atoms with Crippen molar-refractivity contribution in [3.05, 3.63) is 24.6 Å². The molecule has 1 amide bonds. The van der Waals surface area contributed by atoms with Gasteiger partial charge in [-0.1, -0.05) is 12.7 Å². The van der Waals surface area contributed by atoms with Crippen LogP contribution in [0.2, 0.25) is 0 Å². The molecule has 0 aliphatic carbocycles. The summed E-state index contributed by atoms with van der Waals surface area (Å²) in [6.45, 7) is 3.39. The maximum atomic E-state index is 10.9. The lowest BCUT2D eigenvalue weighted by Crippen LogP contribution is -2.13. The van der Waals surface area contributed by atoms with Crippen molar-refractivity contribution in [2.24, 2.45) is 0 Å². The second kappa shape index (κ2) is 4.80. The van der Waals surface area contributed by atoms with Gasteiger partial charge in [0.15, 0.2) is 0 Å². The Bertz CT molecular complexity index is 384. The van der Waals surface area contributed by atoms with Gasteiger partial charge in [-0.25, -0.2) is 19.9 Å². The SMILES string of the molecule is C=CCOC(=O)Nc1ncc(C(=O)O)o1. The van der Waals surface area contributed by atoms with Crippen molar-refractivity contribution in [1.82, 2.24) is 4.98 Å². The van der Waals surface area contributed by atoms with Gasteiger partial charge < -0.3 is 14.3 Å². The molecule has 0 saturated carbocycles. The van der Waals surface area contributed by atoms with E-state index in [0.29, 0.717) is 0 Å². The summed E-state index contributed by atoms with van der Waals surface area (Å²) in [4.78, 5) is 24.8. The predicted octanol–water partition coefficient (Wildman–Crippen LogP) is 1.11. The molecule has 7 heteroatoms. The molecule has 1 aromatic rings. The topological polar surface area (TPSA) is 102 Å². The number of carbonyl (C=O) groups excluding carboxylic acids is 1. The molecule has 15 heavy (non-hydrogen) atoms. The van der Waals surface area contributed by atoms with E-state index < -0.39 is 12.1 Å². The van der Waals surface area contributed by atoms with E-state index in [9.17, 15) is 9.59 Å². The van der Waals surface area contributed by atoms with E-state index in [0.717, 1.165) is 6.20 Å². The van der Waals surface area contributed by atoms with Crippen molar-refractivity contribution < 1.29 is 23.8 Å². The summed E-state index contributed by atoms with van der Waals surface area (Å²) in [5.74, 6) is -1.64. The highest BCUT2D eigenvalue weighted by molar-refractivity contribution is 5.85. The van der Waals surface area contributed by atoms with Gasteiger partial charge in [0.25, 0.3) is 0 Å². The normalized spacial score (nSPS) is 9.33. The van der Waals surface area contributed by atoms with Gasteiger partial charge in [0, 0.05) is 0 Å². The highest BCUT2D eigenvalue weighted by Gasteiger charge is 2.12. The fraction of sp³-hybridized carbons (Fsp3) is 0.125. The number of aromatic carboxylic acids is 1. The third kappa shape index (κ3) is 3.14. The fourth-order valence-corrected chi connectivity index (χ4v) is 0.689. The highest BCUT2D eigenvalue weighted by Crippen LogP contribution is 2.08. The number of nitrogens with zero attached hydrogens (tertiary/aromatic N) is 1. The van der Waals surface area contributed by atoms with Crippen molar-refractivity contribution in [2.75, 3.05) is 11.9 Å². The summed E-state index contributed by atoms with van der Waals surface area (Å²) in [5, 5.41) is 10.6. The second-order valence-electron chi connectivity index (χ2n) is 2.35. The van der Waals surface area contributed by atoms with E-state index in [1.54, 1.807) is 0 Å². The monoisotopic (exact) mass is 212 g/mol. The van der Waals surface area contributed by atoms with Crippen LogP contribution >= 0.6 is 0 Å². The summed E-state index contributed by atoms with van der Waals surface area (Å²) in [7, 11) is 0. The Hall–Kier alpha value is -2.31. The summed E-state index contributed by atoms with van der Waals surface area (Å²) >= 11 is 0. The number of rotatable bonds is 4. The molecule has 1 aromatic heterocycles. The molecule has 0 fully saturated rings. The van der Waals surface area contributed by atoms with Crippen molar-refractivity contribution in [3.8, 4) is 0 Å². The number of hydrogen-bond donors (Lipinski definition) is 2. The largest absolute Gasteiger partial charge is 0.475 e. The molecule has 0 aromatic carbocycles. The molecule has 0 bridgehead atoms. The number of amides is 1. The Morgan fingerprint density at radius 2 is 2.47 bits per heavy atom. The molecule has 7 nitrogen and oxygen atoms in total. The quantitative estimate of drug-likeness (QED) is 0.724. The Kier molecular flexibility index (Phi) is 3.44. The van der Waals surface area contributed by atoms with Crippen LogP contribution in [0.25, 0.3) is 0 Å². The molecule has 0 aliphatic rings. The first-order valence-corrected chi connectivity index (χ1v) is 3.87. The molecule has 0 atom stereocenters. The average molecular weight is 212 g/mol. The average Bonchev–Trinajstić information content (AvgIpc) is 2.63. The fourth-order valence-electron chi connectivity index (χ4n) is 0.689. The maximum absolute atomic E-state index is 10.9. The van der Waals surface area contributed by atoms with Gasteiger partial charge in [-0.3, -0.25) is 0 Å². The molecule has 0 spiro atoms. The van der Waals surface area contributed by atoms with E-state index in [-0.39, 0.29) is 18.4 Å². The van der Waals surface area contributed by atoms with Crippen LogP contribution in [-0.2, 0) is 4.74 Å². The molecule has 0 radical (unpaired) electrons. The number of carbonyl (C=O) groups is 2. The van der Waals surface area contributed by atoms with Crippen LogP contribution in [0.3, 0.4) is 0 Å². The van der Waals surface area contributed by atoms with E-state index in [1.165, 1.54) is 6.08 Å². The molecule has 2 N–H and O–H groups in total. The third-order valence-electron chi connectivity index (χ3n) is 1.26. The van der Waals surface area contributed by atoms with Crippen molar-refractivity contribution >= 4 is 18.1 Å². The molecule has 1 rings (SSSR count). The van der Waals surface area contributed by atoms with Gasteiger partial charge in [0.1, 0.15) is 6.61 Å². The summed E-state index contributed by atoms with van der Waals surface area (Å²) in [5.41, 5.74) is 0. The molecule has 0 saturated heterocycles. The summed E-state index contributed by atoms with van der Waals surface area (Å²) in [6, 6.07) is -0.235. The first kappa shape index (κ1) is 10.8. The van der Waals surface area contributed by atoms with Crippen LogP contribution in [0.15, 0.2) is 23.3 Å². The van der Waals surface area contributed by atoms with Gasteiger partial charge >= 0.3 is 18.1 Å². The number of nitrogens with one attached hydrogen (secondary N) is 1. The minimum Gasteiger partial charge on any atom is -0.475 e. The predicted molar refractivity (Wildman–Crippen MR) is 48.6 cm³/mol. The Labute approximate surface area is 84.4 Å². The van der Waals surface area contributed by atoms with Crippen LogP contribution in [0.5, 0.6) is 0 Å². The minimum atomic E-state index is -1.27. The number of carboxylic acids is 1. The van der Waals surface area contributed by atoms with Gasteiger partial charge in [-0.15, -0.1) is 0 Å². The summed E-state index contributed by atoms with van der Waals surface area (Å²) in [6.07, 6.45) is 1.57. The first-order valence-electron chi connectivity index (χ1n) is 3.87. The van der Waals surface area contributed by atoms with Gasteiger partial charge in [0.2, 0.25) is 5.76 Å². The standard InChI is InChI=1S/C8H8N2O5/c1-2-3-14-8(13)10-7-9-4-5(15-7)6(11)12/h2,4H,1,3H2,(H,11,12)(H,9,10,13). The maximum Gasteiger partial charge on any atom is 0.415 e. The van der Waals surface area contributed by atoms with Crippen LogP contribution in [0, 0.1) is 0 Å². The zero-order valence-electron chi connectivity index (χ0n) is 7.60. The lowest BCUT2D eigenvalue weighted by Gasteiger charge is -1.99. The van der Waals surface area contributed by atoms with Crippen molar-refractivity contribution in [1.29, 1.82) is 0 Å². The van der Waals surface area contributed by atoms with Gasteiger partial charge in [-0.05, 0) is 0 Å². The van der Waals surface area contributed by atoms with Crippen LogP contribution in [0.4, 0.5) is 10.8 Å². The van der Waals surface area contributed by atoms with E-state index in [1.807, 2.05) is 0 Å². The van der Waals surface area contributed by atoms with E-state index in [2.05, 4.69) is 26.0 Å². The van der Waals surface area contributed by atoms with E-state index in [4.69, 9.17) is 5.11 Å². The number of anilines is 1. The van der Waals surface area contributed by atoms with Gasteiger partial charge in [-0.2, -0.15) is 0 Å². The third-order valence-corrected chi connectivity index (χ3v) is 1.26. The lowest BCUT2D eigenvalue weighted by atomic mass is 10.5. The number of oxazole rings is 1. The number of carboxylic acid groups (broad SMARTS) is 1. The molecular weight excluding hydrogens is 204 g/mol. The smallest absolute Gasteiger partial charge is 0.415 e. The Morgan fingerprint density at radius 3 is 3.00 bits per heavy atom. The summed E-state index contributed by atoms with van der Waals surface area (Å²) < 4.78 is 9.20. The van der Waals surface area contributed by atoms with Crippen molar-refractivity contribution in [2.45, 2.75) is 0 Å². The highest BCUT2D eigenvalue weighted by atomic mass is 16.6. The second-order valence-corrected chi connectivity index (χ2v) is 2.35. The Balaban J connectivity index is 2.53. The zero-order valence-corrected chi connectivity index (χ0v) is 7.60.